The van der Waals surface area contributed by atoms with Gasteiger partial charge in [0.2, 0.25) is 5.91 Å². The van der Waals surface area contributed by atoms with Crippen molar-refractivity contribution >= 4 is 5.91 Å². The lowest BCUT2D eigenvalue weighted by atomic mass is 9.95. The number of alkyl halides is 3. The zero-order valence-corrected chi connectivity index (χ0v) is 12.7. The number of carbonyl (C=O) groups excluding carboxylic acids is 1. The lowest BCUT2D eigenvalue weighted by Crippen LogP contribution is -2.43. The van der Waals surface area contributed by atoms with Crippen LogP contribution in [0.3, 0.4) is 0 Å². The van der Waals surface area contributed by atoms with E-state index < -0.39 is 24.7 Å². The quantitative estimate of drug-likeness (QED) is 0.917. The van der Waals surface area contributed by atoms with E-state index in [0.29, 0.717) is 19.5 Å². The SMILES string of the molecule is N[C@@H]1CN(C2CCN(CC(F)(F)F)C2=O)C[C@H]1c1ccccc1. The summed E-state index contributed by atoms with van der Waals surface area (Å²) in [5.41, 5.74) is 7.32. The Hall–Kier alpha value is -1.60. The van der Waals surface area contributed by atoms with E-state index in [4.69, 9.17) is 5.73 Å². The Labute approximate surface area is 133 Å². The van der Waals surface area contributed by atoms with Crippen molar-refractivity contribution in [2.75, 3.05) is 26.2 Å². The van der Waals surface area contributed by atoms with Crippen molar-refractivity contribution < 1.29 is 18.0 Å². The first-order valence-electron chi connectivity index (χ1n) is 7.75. The molecule has 0 aliphatic carbocycles. The summed E-state index contributed by atoms with van der Waals surface area (Å²) in [6.45, 7) is 0.145. The number of rotatable bonds is 3. The molecule has 23 heavy (non-hydrogen) atoms. The summed E-state index contributed by atoms with van der Waals surface area (Å²) < 4.78 is 37.5. The minimum Gasteiger partial charge on any atom is -0.332 e. The summed E-state index contributed by atoms with van der Waals surface area (Å²) in [5.74, 6) is -0.316. The average Bonchev–Trinajstić information content (AvgIpc) is 3.03. The Bertz CT molecular complexity index is 563. The molecule has 0 radical (unpaired) electrons. The highest BCUT2D eigenvalue weighted by molar-refractivity contribution is 5.84. The second-order valence-corrected chi connectivity index (χ2v) is 6.31. The molecule has 3 rings (SSSR count). The second kappa shape index (κ2) is 6.13. The zero-order chi connectivity index (χ0) is 16.6. The maximum atomic E-state index is 12.5. The third kappa shape index (κ3) is 3.50. The number of hydrogen-bond donors (Lipinski definition) is 1. The number of amides is 1. The van der Waals surface area contributed by atoms with Gasteiger partial charge in [0, 0.05) is 31.6 Å². The summed E-state index contributed by atoms with van der Waals surface area (Å²) in [5, 5.41) is 0. The monoisotopic (exact) mass is 327 g/mol. The van der Waals surface area contributed by atoms with Gasteiger partial charge in [-0.05, 0) is 12.0 Å². The predicted octanol–water partition coefficient (Wildman–Crippen LogP) is 1.58. The van der Waals surface area contributed by atoms with Gasteiger partial charge in [0.15, 0.2) is 0 Å². The summed E-state index contributed by atoms with van der Waals surface area (Å²) in [6.07, 6.45) is -3.92. The molecule has 0 bridgehead atoms. The van der Waals surface area contributed by atoms with Gasteiger partial charge in [-0.3, -0.25) is 9.69 Å². The van der Waals surface area contributed by atoms with Crippen LogP contribution in [-0.2, 0) is 4.79 Å². The van der Waals surface area contributed by atoms with Gasteiger partial charge >= 0.3 is 6.18 Å². The standard InChI is InChI=1S/C16H20F3N3O/c17-16(18,19)10-21-7-6-14(15(21)23)22-8-12(13(20)9-22)11-4-2-1-3-5-11/h1-5,12-14H,6-10,20H2/t12-,13+,14?/m0/s1. The molecule has 3 atom stereocenters. The molecule has 4 nitrogen and oxygen atoms in total. The van der Waals surface area contributed by atoms with E-state index in [1.54, 1.807) is 0 Å². The lowest BCUT2D eigenvalue weighted by molar-refractivity contribution is -0.159. The summed E-state index contributed by atoms with van der Waals surface area (Å²) in [7, 11) is 0. The number of hydrogen-bond acceptors (Lipinski definition) is 3. The van der Waals surface area contributed by atoms with Crippen molar-refractivity contribution in [3.63, 3.8) is 0 Å². The van der Waals surface area contributed by atoms with E-state index in [2.05, 4.69) is 0 Å². The van der Waals surface area contributed by atoms with Crippen LogP contribution in [0.1, 0.15) is 17.9 Å². The number of likely N-dealkylation sites (tertiary alicyclic amines) is 2. The molecule has 0 spiro atoms. The van der Waals surface area contributed by atoms with Crippen molar-refractivity contribution in [2.45, 2.75) is 30.6 Å². The third-order valence-electron chi connectivity index (χ3n) is 4.70. The highest BCUT2D eigenvalue weighted by Gasteiger charge is 2.44. The predicted molar refractivity (Wildman–Crippen MR) is 79.8 cm³/mol. The number of halogens is 3. The molecule has 2 N–H and O–H groups in total. The van der Waals surface area contributed by atoms with Crippen molar-refractivity contribution in [3.8, 4) is 0 Å². The fraction of sp³-hybridized carbons (Fsp3) is 0.562. The molecule has 2 fully saturated rings. The molecule has 2 heterocycles. The Morgan fingerprint density at radius 2 is 1.87 bits per heavy atom. The van der Waals surface area contributed by atoms with E-state index in [1.807, 2.05) is 35.2 Å². The minimum absolute atomic E-state index is 0.109. The first kappa shape index (κ1) is 16.3. The summed E-state index contributed by atoms with van der Waals surface area (Å²) in [6, 6.07) is 9.23. The van der Waals surface area contributed by atoms with Crippen molar-refractivity contribution in [1.82, 2.24) is 9.80 Å². The van der Waals surface area contributed by atoms with Crippen LogP contribution in [0.2, 0.25) is 0 Å². The van der Waals surface area contributed by atoms with E-state index in [9.17, 15) is 18.0 Å². The maximum absolute atomic E-state index is 12.5. The number of benzene rings is 1. The Balaban J connectivity index is 1.66. The van der Waals surface area contributed by atoms with Gasteiger partial charge in [-0.25, -0.2) is 0 Å². The molecule has 2 aliphatic heterocycles. The lowest BCUT2D eigenvalue weighted by Gasteiger charge is -2.23. The third-order valence-corrected chi connectivity index (χ3v) is 4.70. The number of carbonyl (C=O) groups is 1. The first-order valence-corrected chi connectivity index (χ1v) is 7.75. The van der Waals surface area contributed by atoms with Crippen LogP contribution in [0.25, 0.3) is 0 Å². The number of nitrogens with zero attached hydrogens (tertiary/aromatic N) is 2. The molecule has 1 amide bonds. The van der Waals surface area contributed by atoms with Crippen LogP contribution in [0.5, 0.6) is 0 Å². The van der Waals surface area contributed by atoms with Gasteiger partial charge in [0.25, 0.3) is 0 Å². The number of nitrogens with two attached hydrogens (primary N) is 1. The van der Waals surface area contributed by atoms with Gasteiger partial charge in [0.1, 0.15) is 6.54 Å². The Kier molecular flexibility index (Phi) is 4.33. The van der Waals surface area contributed by atoms with Gasteiger partial charge in [-0.1, -0.05) is 30.3 Å². The smallest absolute Gasteiger partial charge is 0.332 e. The molecule has 126 valence electrons. The highest BCUT2D eigenvalue weighted by atomic mass is 19.4. The van der Waals surface area contributed by atoms with Crippen molar-refractivity contribution in [1.29, 1.82) is 0 Å². The summed E-state index contributed by atoms with van der Waals surface area (Å²) in [4.78, 5) is 15.1. The van der Waals surface area contributed by atoms with Crippen LogP contribution in [-0.4, -0.2) is 60.1 Å². The Morgan fingerprint density at radius 3 is 2.52 bits per heavy atom. The zero-order valence-electron chi connectivity index (χ0n) is 12.7. The second-order valence-electron chi connectivity index (χ2n) is 6.31. The van der Waals surface area contributed by atoms with Crippen LogP contribution >= 0.6 is 0 Å². The highest BCUT2D eigenvalue weighted by Crippen LogP contribution is 2.31. The normalized spacial score (nSPS) is 29.5. The Morgan fingerprint density at radius 1 is 1.17 bits per heavy atom. The van der Waals surface area contributed by atoms with Crippen molar-refractivity contribution in [2.24, 2.45) is 5.73 Å². The molecule has 0 aromatic heterocycles. The molecule has 1 unspecified atom stereocenters. The average molecular weight is 327 g/mol. The van der Waals surface area contributed by atoms with E-state index in [-0.39, 0.29) is 18.5 Å². The van der Waals surface area contributed by atoms with Crippen LogP contribution in [0, 0.1) is 0 Å². The van der Waals surface area contributed by atoms with Crippen LogP contribution in [0.4, 0.5) is 13.2 Å². The molecule has 2 aliphatic rings. The fourth-order valence-electron chi connectivity index (χ4n) is 3.60. The van der Waals surface area contributed by atoms with Crippen LogP contribution in [0.15, 0.2) is 30.3 Å². The van der Waals surface area contributed by atoms with E-state index in [0.717, 1.165) is 10.5 Å². The first-order chi connectivity index (χ1) is 10.8. The van der Waals surface area contributed by atoms with E-state index in [1.165, 1.54) is 0 Å². The van der Waals surface area contributed by atoms with Gasteiger partial charge < -0.3 is 10.6 Å². The molecule has 2 saturated heterocycles. The van der Waals surface area contributed by atoms with Crippen molar-refractivity contribution in [3.05, 3.63) is 35.9 Å². The summed E-state index contributed by atoms with van der Waals surface area (Å²) >= 11 is 0. The minimum atomic E-state index is -4.35. The van der Waals surface area contributed by atoms with Gasteiger partial charge in [-0.2, -0.15) is 13.2 Å². The van der Waals surface area contributed by atoms with Gasteiger partial charge in [0.05, 0.1) is 6.04 Å². The molecule has 1 aromatic rings. The molecule has 0 saturated carbocycles. The topological polar surface area (TPSA) is 49.6 Å². The molecule has 7 heteroatoms. The van der Waals surface area contributed by atoms with E-state index >= 15 is 0 Å². The largest absolute Gasteiger partial charge is 0.406 e. The van der Waals surface area contributed by atoms with Crippen LogP contribution < -0.4 is 5.73 Å². The fourth-order valence-corrected chi connectivity index (χ4v) is 3.60. The molecule has 1 aromatic carbocycles. The molecular formula is C16H20F3N3O. The molecular weight excluding hydrogens is 307 g/mol. The maximum Gasteiger partial charge on any atom is 0.406 e. The van der Waals surface area contributed by atoms with Gasteiger partial charge in [-0.15, -0.1) is 0 Å².